The highest BCUT2D eigenvalue weighted by Crippen LogP contribution is 2.29. The predicted molar refractivity (Wildman–Crippen MR) is 101 cm³/mol. The maximum atomic E-state index is 13.7. The van der Waals surface area contributed by atoms with Crippen LogP contribution >= 0.6 is 0 Å². The minimum Gasteiger partial charge on any atom is -0.474 e. The minimum atomic E-state index is -2.79. The first kappa shape index (κ1) is 18.9. The second kappa shape index (κ2) is 7.90. The molecule has 1 saturated carbocycles. The Morgan fingerprint density at radius 2 is 1.89 bits per heavy atom. The van der Waals surface area contributed by atoms with Crippen molar-refractivity contribution in [2.45, 2.75) is 49.8 Å². The summed E-state index contributed by atoms with van der Waals surface area (Å²) >= 11 is 0. The number of alkyl halides is 2. The molecule has 0 saturated heterocycles. The molecule has 0 radical (unpaired) electrons. The number of halogens is 2. The number of hydrogen-bond donors (Lipinski definition) is 0. The lowest BCUT2D eigenvalue weighted by Gasteiger charge is -2.22. The Morgan fingerprint density at radius 1 is 1.14 bits per heavy atom. The van der Waals surface area contributed by atoms with E-state index in [-0.39, 0.29) is 23.0 Å². The zero-order valence-corrected chi connectivity index (χ0v) is 16.2. The quantitative estimate of drug-likeness (QED) is 0.594. The van der Waals surface area contributed by atoms with E-state index in [4.69, 9.17) is 4.74 Å². The van der Waals surface area contributed by atoms with E-state index in [0.717, 1.165) is 25.7 Å². The van der Waals surface area contributed by atoms with Crippen LogP contribution in [-0.2, 0) is 10.8 Å². The van der Waals surface area contributed by atoms with Crippen LogP contribution in [0.15, 0.2) is 35.5 Å². The van der Waals surface area contributed by atoms with Crippen LogP contribution in [0.25, 0.3) is 16.9 Å². The van der Waals surface area contributed by atoms with Gasteiger partial charge in [0.05, 0.1) is 21.8 Å². The largest absolute Gasteiger partial charge is 0.474 e. The Morgan fingerprint density at radius 3 is 2.61 bits per heavy atom. The van der Waals surface area contributed by atoms with E-state index in [1.165, 1.54) is 23.3 Å². The van der Waals surface area contributed by atoms with E-state index in [9.17, 15) is 13.0 Å². The smallest absolute Gasteiger partial charge is 0.296 e. The van der Waals surface area contributed by atoms with Crippen molar-refractivity contribution in [1.82, 2.24) is 19.5 Å². The van der Waals surface area contributed by atoms with Crippen LogP contribution in [-0.4, -0.2) is 36.1 Å². The molecule has 0 N–H and O–H groups in total. The molecule has 2 aromatic heterocycles. The molecule has 1 unspecified atom stereocenters. The molecule has 148 valence electrons. The number of fused-ring (bicyclic) bond motifs is 1. The van der Waals surface area contributed by atoms with Gasteiger partial charge in [-0.1, -0.05) is 18.6 Å². The molecule has 6 nitrogen and oxygen atoms in total. The first-order valence-electron chi connectivity index (χ1n) is 9.18. The molecule has 1 aromatic carbocycles. The van der Waals surface area contributed by atoms with Crippen LogP contribution in [0.4, 0.5) is 8.78 Å². The number of benzene rings is 1. The van der Waals surface area contributed by atoms with Gasteiger partial charge < -0.3 is 4.74 Å². The molecule has 4 rings (SSSR count). The van der Waals surface area contributed by atoms with Crippen molar-refractivity contribution in [3.8, 4) is 11.7 Å². The molecule has 28 heavy (non-hydrogen) atoms. The van der Waals surface area contributed by atoms with Crippen LogP contribution in [0, 0.1) is 0 Å². The number of aromatic nitrogens is 4. The van der Waals surface area contributed by atoms with Gasteiger partial charge in [0.1, 0.15) is 11.9 Å². The molecule has 0 spiro atoms. The highest BCUT2D eigenvalue weighted by atomic mass is 32.2. The van der Waals surface area contributed by atoms with Gasteiger partial charge in [-0.2, -0.15) is 4.98 Å². The Bertz CT molecular complexity index is 1020. The van der Waals surface area contributed by atoms with E-state index in [1.54, 1.807) is 24.3 Å². The first-order valence-corrected chi connectivity index (χ1v) is 10.7. The van der Waals surface area contributed by atoms with Crippen LogP contribution in [0.2, 0.25) is 0 Å². The summed E-state index contributed by atoms with van der Waals surface area (Å²) in [6, 6.07) is 8.36. The van der Waals surface area contributed by atoms with Crippen molar-refractivity contribution >= 4 is 21.8 Å². The lowest BCUT2D eigenvalue weighted by molar-refractivity contribution is 0.138. The van der Waals surface area contributed by atoms with Crippen LogP contribution in [0.1, 0.15) is 44.4 Å². The summed E-state index contributed by atoms with van der Waals surface area (Å²) in [7, 11) is -1.49. The van der Waals surface area contributed by atoms with E-state index in [0.29, 0.717) is 11.0 Å². The number of para-hydroxylation sites is 2. The Balaban J connectivity index is 1.84. The predicted octanol–water partition coefficient (Wildman–Crippen LogP) is 4.20. The average Bonchev–Trinajstić information content (AvgIpc) is 3.08. The Labute approximate surface area is 163 Å². The summed E-state index contributed by atoms with van der Waals surface area (Å²) in [5.41, 5.74) is 0.929. The van der Waals surface area contributed by atoms with Crippen molar-refractivity contribution in [3.05, 3.63) is 36.2 Å². The number of rotatable bonds is 5. The van der Waals surface area contributed by atoms with Crippen LogP contribution < -0.4 is 4.74 Å². The number of hydrogen-bond acceptors (Lipinski definition) is 5. The lowest BCUT2D eigenvalue weighted by Crippen LogP contribution is -2.21. The van der Waals surface area contributed by atoms with Gasteiger partial charge in [-0.3, -0.25) is 8.78 Å². The minimum absolute atomic E-state index is 0.0174. The Kier molecular flexibility index (Phi) is 5.34. The molecule has 1 atom stereocenters. The summed E-state index contributed by atoms with van der Waals surface area (Å²) in [5, 5.41) is 0.0429. The highest BCUT2D eigenvalue weighted by molar-refractivity contribution is 7.84. The van der Waals surface area contributed by atoms with Crippen molar-refractivity contribution < 1.29 is 17.7 Å². The fourth-order valence-electron chi connectivity index (χ4n) is 3.48. The second-order valence-electron chi connectivity index (χ2n) is 6.77. The van der Waals surface area contributed by atoms with Gasteiger partial charge >= 0.3 is 0 Å². The zero-order valence-electron chi connectivity index (χ0n) is 15.3. The van der Waals surface area contributed by atoms with Crippen molar-refractivity contribution in [2.24, 2.45) is 0 Å². The SMILES string of the molecule is CS(=O)c1nc(OC2CCCCC2)cc(-n2c(C(F)F)nc3ccccc32)n1. The van der Waals surface area contributed by atoms with Crippen molar-refractivity contribution in [3.63, 3.8) is 0 Å². The molecular formula is C19H20F2N4O2S. The molecule has 1 aliphatic rings. The van der Waals surface area contributed by atoms with Crippen molar-refractivity contribution in [1.29, 1.82) is 0 Å². The third-order valence-corrected chi connectivity index (χ3v) is 5.47. The molecule has 1 aliphatic carbocycles. The molecule has 2 heterocycles. The number of ether oxygens (including phenoxy) is 1. The second-order valence-corrected chi connectivity index (χ2v) is 8.05. The third kappa shape index (κ3) is 3.76. The average molecular weight is 406 g/mol. The van der Waals surface area contributed by atoms with Crippen LogP contribution in [0.3, 0.4) is 0 Å². The van der Waals surface area contributed by atoms with E-state index in [1.807, 2.05) is 0 Å². The zero-order chi connectivity index (χ0) is 19.7. The molecule has 0 bridgehead atoms. The Hall–Kier alpha value is -2.42. The van der Waals surface area contributed by atoms with Gasteiger partial charge in [0.2, 0.25) is 11.0 Å². The summed E-state index contributed by atoms with van der Waals surface area (Å²) in [6.45, 7) is 0. The first-order chi connectivity index (χ1) is 13.5. The van der Waals surface area contributed by atoms with Gasteiger partial charge in [-0.15, -0.1) is 0 Å². The summed E-state index contributed by atoms with van der Waals surface area (Å²) in [5.74, 6) is 0.00598. The summed E-state index contributed by atoms with van der Waals surface area (Å²) < 4.78 is 46.7. The lowest BCUT2D eigenvalue weighted by atomic mass is 9.98. The van der Waals surface area contributed by atoms with Gasteiger partial charge in [0.15, 0.2) is 5.82 Å². The van der Waals surface area contributed by atoms with Gasteiger partial charge in [-0.25, -0.2) is 18.7 Å². The maximum Gasteiger partial charge on any atom is 0.296 e. The van der Waals surface area contributed by atoms with Gasteiger partial charge in [0.25, 0.3) is 6.43 Å². The molecule has 0 aliphatic heterocycles. The van der Waals surface area contributed by atoms with E-state index < -0.39 is 23.0 Å². The normalized spacial score (nSPS) is 16.6. The topological polar surface area (TPSA) is 69.9 Å². The molecule has 0 amide bonds. The summed E-state index contributed by atoms with van der Waals surface area (Å²) in [6.07, 6.45) is 3.85. The van der Waals surface area contributed by atoms with Gasteiger partial charge in [-0.05, 0) is 37.8 Å². The van der Waals surface area contributed by atoms with E-state index in [2.05, 4.69) is 15.0 Å². The standard InChI is InChI=1S/C19H20F2N4O2S/c1-28(26)19-23-15(11-16(24-19)27-12-7-3-2-4-8-12)25-14-10-6-5-9-13(14)22-18(25)17(20)21/h5-6,9-12,17H,2-4,7-8H2,1H3. The molecular weight excluding hydrogens is 386 g/mol. The number of imidazole rings is 1. The molecule has 9 heteroatoms. The monoisotopic (exact) mass is 406 g/mol. The van der Waals surface area contributed by atoms with Crippen LogP contribution in [0.5, 0.6) is 5.88 Å². The van der Waals surface area contributed by atoms with E-state index >= 15 is 0 Å². The molecule has 3 aromatic rings. The molecule has 1 fully saturated rings. The summed E-state index contributed by atoms with van der Waals surface area (Å²) in [4.78, 5) is 12.5. The highest BCUT2D eigenvalue weighted by Gasteiger charge is 2.23. The van der Waals surface area contributed by atoms with Gasteiger partial charge in [0, 0.05) is 12.3 Å². The fraction of sp³-hybridized carbons (Fsp3) is 0.421. The third-order valence-electron chi connectivity index (χ3n) is 4.78. The maximum absolute atomic E-state index is 13.7. The fourth-order valence-corrected chi connectivity index (χ4v) is 3.92. The van der Waals surface area contributed by atoms with Crippen molar-refractivity contribution in [2.75, 3.05) is 6.26 Å². The number of nitrogens with zero attached hydrogens (tertiary/aromatic N) is 4.